The van der Waals surface area contributed by atoms with Gasteiger partial charge in [0.25, 0.3) is 0 Å². The van der Waals surface area contributed by atoms with E-state index in [9.17, 15) is 5.11 Å². The molecule has 1 atom stereocenters. The normalized spacial score (nSPS) is 15.4. The molecule has 110 valence electrons. The summed E-state index contributed by atoms with van der Waals surface area (Å²) in [6.45, 7) is 3.19. The zero-order valence-electron chi connectivity index (χ0n) is 11.8. The maximum Gasteiger partial charge on any atom is 0.162 e. The van der Waals surface area contributed by atoms with Crippen LogP contribution in [-0.2, 0) is 0 Å². The van der Waals surface area contributed by atoms with Crippen LogP contribution in [0.25, 0.3) is 0 Å². The summed E-state index contributed by atoms with van der Waals surface area (Å²) in [6.07, 6.45) is 0.0537. The fraction of sp³-hybridized carbons (Fsp3) is 0.294. The lowest BCUT2D eigenvalue weighted by atomic mass is 9.97. The summed E-state index contributed by atoms with van der Waals surface area (Å²) in [6, 6.07) is 11.2. The van der Waals surface area contributed by atoms with Gasteiger partial charge in [-0.15, -0.1) is 0 Å². The Morgan fingerprint density at radius 3 is 2.43 bits per heavy atom. The van der Waals surface area contributed by atoms with E-state index in [4.69, 9.17) is 21.1 Å². The summed E-state index contributed by atoms with van der Waals surface area (Å²) < 4.78 is 11.3. The van der Waals surface area contributed by atoms with Crippen LogP contribution in [-0.4, -0.2) is 18.3 Å². The monoisotopic (exact) mass is 304 g/mol. The van der Waals surface area contributed by atoms with E-state index in [1.807, 2.05) is 31.2 Å². The van der Waals surface area contributed by atoms with Crippen molar-refractivity contribution in [3.8, 4) is 11.5 Å². The number of aryl methyl sites for hydroxylation is 1. The molecule has 0 bridgehead atoms. The first-order valence-electron chi connectivity index (χ1n) is 6.99. The molecule has 4 heteroatoms. The van der Waals surface area contributed by atoms with Gasteiger partial charge in [-0.1, -0.05) is 35.9 Å². The molecule has 0 saturated carbocycles. The quantitative estimate of drug-likeness (QED) is 0.915. The zero-order valence-corrected chi connectivity index (χ0v) is 12.6. The largest absolute Gasteiger partial charge is 0.490 e. The van der Waals surface area contributed by atoms with Gasteiger partial charge in [-0.05, 0) is 24.1 Å². The van der Waals surface area contributed by atoms with E-state index < -0.39 is 6.10 Å². The van der Waals surface area contributed by atoms with Crippen LogP contribution in [0.3, 0.4) is 0 Å². The first kappa shape index (κ1) is 14.2. The molecular weight excluding hydrogens is 288 g/mol. The first-order chi connectivity index (χ1) is 10.2. The maximum absolute atomic E-state index is 10.6. The number of halogens is 1. The molecule has 1 unspecified atom stereocenters. The molecule has 0 spiro atoms. The molecule has 3 rings (SSSR count). The maximum atomic E-state index is 10.6. The smallest absolute Gasteiger partial charge is 0.162 e. The van der Waals surface area contributed by atoms with Gasteiger partial charge in [0.05, 0.1) is 18.2 Å². The average molecular weight is 305 g/mol. The van der Waals surface area contributed by atoms with Crippen LogP contribution < -0.4 is 9.47 Å². The SMILES string of the molecule is Cc1ccccc1C(O)c1cc2c(cc1Cl)OCCCO2. The third-order valence-electron chi connectivity index (χ3n) is 3.64. The Hall–Kier alpha value is -1.71. The Balaban J connectivity index is 2.02. The van der Waals surface area contributed by atoms with Crippen molar-refractivity contribution in [1.29, 1.82) is 0 Å². The van der Waals surface area contributed by atoms with Crippen molar-refractivity contribution in [2.45, 2.75) is 19.4 Å². The predicted octanol–water partition coefficient (Wildman–Crippen LogP) is 3.89. The number of rotatable bonds is 2. The van der Waals surface area contributed by atoms with Gasteiger partial charge in [0, 0.05) is 18.1 Å². The Morgan fingerprint density at radius 2 is 1.71 bits per heavy atom. The lowest BCUT2D eigenvalue weighted by Crippen LogP contribution is -2.04. The number of hydrogen-bond acceptors (Lipinski definition) is 3. The molecule has 0 radical (unpaired) electrons. The summed E-state index contributed by atoms with van der Waals surface area (Å²) in [5.41, 5.74) is 2.50. The van der Waals surface area contributed by atoms with Crippen LogP contribution in [0.5, 0.6) is 11.5 Å². The Morgan fingerprint density at radius 1 is 1.05 bits per heavy atom. The van der Waals surface area contributed by atoms with E-state index >= 15 is 0 Å². The minimum absolute atomic E-state index is 0.481. The fourth-order valence-electron chi connectivity index (χ4n) is 2.47. The Bertz CT molecular complexity index is 654. The molecule has 0 aliphatic carbocycles. The molecule has 0 amide bonds. The van der Waals surface area contributed by atoms with E-state index in [0.29, 0.717) is 35.3 Å². The second-order valence-electron chi connectivity index (χ2n) is 5.13. The van der Waals surface area contributed by atoms with Crippen molar-refractivity contribution in [2.75, 3.05) is 13.2 Å². The van der Waals surface area contributed by atoms with E-state index in [1.165, 1.54) is 0 Å². The van der Waals surface area contributed by atoms with Gasteiger partial charge in [0.15, 0.2) is 11.5 Å². The molecule has 2 aromatic carbocycles. The molecule has 0 saturated heterocycles. The third kappa shape index (κ3) is 2.85. The highest BCUT2D eigenvalue weighted by molar-refractivity contribution is 6.31. The van der Waals surface area contributed by atoms with E-state index in [0.717, 1.165) is 17.5 Å². The van der Waals surface area contributed by atoms with Gasteiger partial charge in [0.2, 0.25) is 0 Å². The molecule has 2 aromatic rings. The third-order valence-corrected chi connectivity index (χ3v) is 3.97. The molecule has 1 heterocycles. The van der Waals surface area contributed by atoms with Crippen LogP contribution in [0, 0.1) is 6.92 Å². The fourth-order valence-corrected chi connectivity index (χ4v) is 2.73. The molecule has 1 aliphatic heterocycles. The number of aliphatic hydroxyl groups is 1. The number of aliphatic hydroxyl groups excluding tert-OH is 1. The van der Waals surface area contributed by atoms with Gasteiger partial charge in [-0.25, -0.2) is 0 Å². The lowest BCUT2D eigenvalue weighted by Gasteiger charge is -2.17. The highest BCUT2D eigenvalue weighted by atomic mass is 35.5. The number of hydrogen-bond donors (Lipinski definition) is 1. The molecule has 1 N–H and O–H groups in total. The van der Waals surface area contributed by atoms with Gasteiger partial charge in [-0.3, -0.25) is 0 Å². The highest BCUT2D eigenvalue weighted by Gasteiger charge is 2.20. The lowest BCUT2D eigenvalue weighted by molar-refractivity contribution is 0.218. The highest BCUT2D eigenvalue weighted by Crippen LogP contribution is 2.39. The van der Waals surface area contributed by atoms with Gasteiger partial charge in [0.1, 0.15) is 6.10 Å². The summed E-state index contributed by atoms with van der Waals surface area (Å²) in [5.74, 6) is 1.28. The van der Waals surface area contributed by atoms with Gasteiger partial charge < -0.3 is 14.6 Å². The van der Waals surface area contributed by atoms with Crippen LogP contribution in [0.15, 0.2) is 36.4 Å². The van der Waals surface area contributed by atoms with Gasteiger partial charge >= 0.3 is 0 Å². The van der Waals surface area contributed by atoms with Crippen LogP contribution >= 0.6 is 11.6 Å². The standard InChI is InChI=1S/C17H17ClO3/c1-11-5-2-3-6-12(11)17(19)13-9-15-16(10-14(13)18)21-8-4-7-20-15/h2-3,5-6,9-10,17,19H,4,7-8H2,1H3. The van der Waals surface area contributed by atoms with Crippen LogP contribution in [0.4, 0.5) is 0 Å². The average Bonchev–Trinajstić information content (AvgIpc) is 2.71. The summed E-state index contributed by atoms with van der Waals surface area (Å²) in [4.78, 5) is 0. The molecule has 3 nitrogen and oxygen atoms in total. The van der Waals surface area contributed by atoms with Crippen molar-refractivity contribution < 1.29 is 14.6 Å². The number of fused-ring (bicyclic) bond motifs is 1. The van der Waals surface area contributed by atoms with Crippen molar-refractivity contribution in [3.05, 3.63) is 58.1 Å². The van der Waals surface area contributed by atoms with Crippen molar-refractivity contribution in [2.24, 2.45) is 0 Å². The molecular formula is C17H17ClO3. The number of ether oxygens (including phenoxy) is 2. The molecule has 0 aromatic heterocycles. The minimum Gasteiger partial charge on any atom is -0.490 e. The summed E-state index contributed by atoms with van der Waals surface area (Å²) in [5, 5.41) is 11.1. The van der Waals surface area contributed by atoms with Crippen LogP contribution in [0.1, 0.15) is 29.2 Å². The Labute approximate surface area is 129 Å². The first-order valence-corrected chi connectivity index (χ1v) is 7.37. The topological polar surface area (TPSA) is 38.7 Å². The van der Waals surface area contributed by atoms with Crippen molar-refractivity contribution >= 4 is 11.6 Å². The number of benzene rings is 2. The second-order valence-corrected chi connectivity index (χ2v) is 5.54. The predicted molar refractivity (Wildman–Crippen MR) is 82.3 cm³/mol. The Kier molecular flexibility index (Phi) is 4.04. The van der Waals surface area contributed by atoms with Crippen LogP contribution in [0.2, 0.25) is 5.02 Å². The van der Waals surface area contributed by atoms with E-state index in [2.05, 4.69) is 0 Å². The molecule has 1 aliphatic rings. The molecule has 21 heavy (non-hydrogen) atoms. The summed E-state index contributed by atoms with van der Waals surface area (Å²) >= 11 is 6.32. The van der Waals surface area contributed by atoms with E-state index in [-0.39, 0.29) is 0 Å². The minimum atomic E-state index is -0.782. The van der Waals surface area contributed by atoms with Gasteiger partial charge in [-0.2, -0.15) is 0 Å². The van der Waals surface area contributed by atoms with E-state index in [1.54, 1.807) is 12.1 Å². The zero-order chi connectivity index (χ0) is 14.8. The second kappa shape index (κ2) is 5.96. The van der Waals surface area contributed by atoms with Crippen molar-refractivity contribution in [3.63, 3.8) is 0 Å². The molecule has 0 fully saturated rings. The summed E-state index contributed by atoms with van der Waals surface area (Å²) in [7, 11) is 0. The van der Waals surface area contributed by atoms with Crippen molar-refractivity contribution in [1.82, 2.24) is 0 Å².